The van der Waals surface area contributed by atoms with Crippen molar-refractivity contribution in [3.8, 4) is 0 Å². The largest absolute Gasteiger partial charge is 0.388 e. The lowest BCUT2D eigenvalue weighted by atomic mass is 9.82. The van der Waals surface area contributed by atoms with Crippen molar-refractivity contribution in [3.05, 3.63) is 35.9 Å². The lowest BCUT2D eigenvalue weighted by Crippen LogP contribution is -2.44. The molecule has 1 heterocycles. The van der Waals surface area contributed by atoms with Gasteiger partial charge in [0.15, 0.2) is 0 Å². The molecule has 1 aromatic carbocycles. The fourth-order valence-corrected chi connectivity index (χ4v) is 3.87. The fraction of sp³-hybridized carbons (Fsp3) is 0.625. The highest BCUT2D eigenvalue weighted by atomic mass is 32.2. The van der Waals surface area contributed by atoms with E-state index in [0.717, 1.165) is 25.2 Å². The highest BCUT2D eigenvalue weighted by Crippen LogP contribution is 2.35. The van der Waals surface area contributed by atoms with Crippen molar-refractivity contribution in [2.24, 2.45) is 5.41 Å². The number of hydrogen-bond donors (Lipinski definition) is 1. The summed E-state index contributed by atoms with van der Waals surface area (Å²) < 4.78 is 0. The number of hydrogen-bond acceptors (Lipinski definition) is 3. The van der Waals surface area contributed by atoms with Crippen LogP contribution in [-0.4, -0.2) is 40.6 Å². The standard InChI is InChI=1S/C16H25NOS/c1-13-11-17(9-10-19-13)12-16(2,3)15(18)14-7-5-4-6-8-14/h4-8,13,15,18H,9-12H2,1-3H3. The first-order chi connectivity index (χ1) is 8.99. The minimum atomic E-state index is -0.404. The fourth-order valence-electron chi connectivity index (χ4n) is 2.78. The number of benzene rings is 1. The zero-order valence-electron chi connectivity index (χ0n) is 12.2. The normalized spacial score (nSPS) is 23.3. The Morgan fingerprint density at radius 2 is 2.05 bits per heavy atom. The van der Waals surface area contributed by atoms with Crippen LogP contribution in [0.4, 0.5) is 0 Å². The average Bonchev–Trinajstić information content (AvgIpc) is 2.38. The lowest BCUT2D eigenvalue weighted by Gasteiger charge is -2.39. The van der Waals surface area contributed by atoms with Crippen molar-refractivity contribution >= 4 is 11.8 Å². The molecular weight excluding hydrogens is 254 g/mol. The zero-order valence-corrected chi connectivity index (χ0v) is 13.0. The summed E-state index contributed by atoms with van der Waals surface area (Å²) in [6.45, 7) is 9.84. The maximum atomic E-state index is 10.6. The molecule has 106 valence electrons. The Kier molecular flexibility index (Phi) is 4.93. The molecular formula is C16H25NOS. The van der Waals surface area contributed by atoms with E-state index in [2.05, 4.69) is 25.7 Å². The lowest BCUT2D eigenvalue weighted by molar-refractivity contribution is 0.0212. The van der Waals surface area contributed by atoms with Gasteiger partial charge in [0.05, 0.1) is 6.10 Å². The molecule has 0 aromatic heterocycles. The maximum Gasteiger partial charge on any atom is 0.0853 e. The van der Waals surface area contributed by atoms with Gasteiger partial charge in [-0.1, -0.05) is 51.1 Å². The second kappa shape index (κ2) is 6.29. The Bertz CT molecular complexity index is 393. The van der Waals surface area contributed by atoms with Crippen LogP contribution in [-0.2, 0) is 0 Å². The Hall–Kier alpha value is -0.510. The molecule has 0 aliphatic carbocycles. The van der Waals surface area contributed by atoms with Crippen LogP contribution >= 0.6 is 11.8 Å². The van der Waals surface area contributed by atoms with Crippen molar-refractivity contribution < 1.29 is 5.11 Å². The van der Waals surface area contributed by atoms with Crippen molar-refractivity contribution in [1.82, 2.24) is 4.90 Å². The smallest absolute Gasteiger partial charge is 0.0853 e. The molecule has 1 fully saturated rings. The molecule has 0 spiro atoms. The first-order valence-electron chi connectivity index (χ1n) is 7.06. The van der Waals surface area contributed by atoms with Gasteiger partial charge in [0, 0.05) is 36.1 Å². The van der Waals surface area contributed by atoms with Gasteiger partial charge in [0.1, 0.15) is 0 Å². The van der Waals surface area contributed by atoms with Gasteiger partial charge < -0.3 is 10.0 Å². The Morgan fingerprint density at radius 3 is 2.68 bits per heavy atom. The van der Waals surface area contributed by atoms with Crippen LogP contribution in [0.2, 0.25) is 0 Å². The minimum Gasteiger partial charge on any atom is -0.388 e. The molecule has 0 radical (unpaired) electrons. The van der Waals surface area contributed by atoms with E-state index in [1.165, 1.54) is 5.75 Å². The number of thioether (sulfide) groups is 1. The average molecular weight is 279 g/mol. The maximum absolute atomic E-state index is 10.6. The molecule has 2 nitrogen and oxygen atoms in total. The summed E-state index contributed by atoms with van der Waals surface area (Å²) in [6, 6.07) is 10.0. The topological polar surface area (TPSA) is 23.5 Å². The second-order valence-electron chi connectivity index (χ2n) is 6.22. The van der Waals surface area contributed by atoms with E-state index in [-0.39, 0.29) is 5.41 Å². The predicted molar refractivity (Wildman–Crippen MR) is 83.5 cm³/mol. The molecule has 3 heteroatoms. The third-order valence-electron chi connectivity index (χ3n) is 3.81. The third kappa shape index (κ3) is 3.98. The molecule has 19 heavy (non-hydrogen) atoms. The first-order valence-corrected chi connectivity index (χ1v) is 8.11. The minimum absolute atomic E-state index is 0.122. The summed E-state index contributed by atoms with van der Waals surface area (Å²) in [5.74, 6) is 1.21. The number of rotatable bonds is 4. The van der Waals surface area contributed by atoms with Gasteiger partial charge in [-0.3, -0.25) is 0 Å². The molecule has 2 rings (SSSR count). The molecule has 2 atom stereocenters. The Balaban J connectivity index is 2.01. The van der Waals surface area contributed by atoms with Crippen LogP contribution in [0.25, 0.3) is 0 Å². The predicted octanol–water partition coefficient (Wildman–Crippen LogP) is 3.18. The first kappa shape index (κ1) is 14.9. The monoisotopic (exact) mass is 279 g/mol. The van der Waals surface area contributed by atoms with Gasteiger partial charge in [-0.2, -0.15) is 11.8 Å². The van der Waals surface area contributed by atoms with Crippen molar-refractivity contribution in [2.45, 2.75) is 32.1 Å². The molecule has 0 saturated carbocycles. The van der Waals surface area contributed by atoms with Crippen LogP contribution in [0.1, 0.15) is 32.4 Å². The van der Waals surface area contributed by atoms with Crippen molar-refractivity contribution in [1.29, 1.82) is 0 Å². The van der Waals surface area contributed by atoms with Gasteiger partial charge in [-0.15, -0.1) is 0 Å². The van der Waals surface area contributed by atoms with E-state index in [1.54, 1.807) is 0 Å². The summed E-state index contributed by atoms with van der Waals surface area (Å²) in [5, 5.41) is 11.3. The Labute approximate surface area is 121 Å². The van der Waals surface area contributed by atoms with E-state index < -0.39 is 6.10 Å². The van der Waals surface area contributed by atoms with Crippen molar-refractivity contribution in [3.63, 3.8) is 0 Å². The quantitative estimate of drug-likeness (QED) is 0.915. The number of nitrogens with zero attached hydrogens (tertiary/aromatic N) is 1. The molecule has 0 bridgehead atoms. The van der Waals surface area contributed by atoms with Crippen molar-refractivity contribution in [2.75, 3.05) is 25.4 Å². The second-order valence-corrected chi connectivity index (χ2v) is 7.76. The van der Waals surface area contributed by atoms with Gasteiger partial charge in [0.2, 0.25) is 0 Å². The summed E-state index contributed by atoms with van der Waals surface area (Å²) in [6.07, 6.45) is -0.404. The highest BCUT2D eigenvalue weighted by Gasteiger charge is 2.32. The molecule has 1 saturated heterocycles. The molecule has 0 amide bonds. The third-order valence-corrected chi connectivity index (χ3v) is 4.95. The van der Waals surface area contributed by atoms with Crippen LogP contribution < -0.4 is 0 Å². The van der Waals surface area contributed by atoms with E-state index in [1.807, 2.05) is 42.1 Å². The van der Waals surface area contributed by atoms with Crippen LogP contribution in [0.15, 0.2) is 30.3 Å². The highest BCUT2D eigenvalue weighted by molar-refractivity contribution is 7.99. The van der Waals surface area contributed by atoms with E-state index in [4.69, 9.17) is 0 Å². The SMILES string of the molecule is CC1CN(CC(C)(C)C(O)c2ccccc2)CCS1. The van der Waals surface area contributed by atoms with E-state index in [9.17, 15) is 5.11 Å². The zero-order chi connectivity index (χ0) is 13.9. The van der Waals surface area contributed by atoms with Gasteiger partial charge >= 0.3 is 0 Å². The van der Waals surface area contributed by atoms with E-state index in [0.29, 0.717) is 5.25 Å². The van der Waals surface area contributed by atoms with Gasteiger partial charge in [-0.05, 0) is 5.56 Å². The van der Waals surface area contributed by atoms with Crippen LogP contribution in [0.3, 0.4) is 0 Å². The number of aliphatic hydroxyl groups excluding tert-OH is 1. The molecule has 1 aromatic rings. The van der Waals surface area contributed by atoms with Crippen LogP contribution in [0.5, 0.6) is 0 Å². The van der Waals surface area contributed by atoms with Gasteiger partial charge in [0.25, 0.3) is 0 Å². The molecule has 2 unspecified atom stereocenters. The Morgan fingerprint density at radius 1 is 1.37 bits per heavy atom. The molecule has 1 N–H and O–H groups in total. The summed E-state index contributed by atoms with van der Waals surface area (Å²) in [4.78, 5) is 2.49. The van der Waals surface area contributed by atoms with Gasteiger partial charge in [-0.25, -0.2) is 0 Å². The molecule has 1 aliphatic rings. The summed E-state index contributed by atoms with van der Waals surface area (Å²) in [5.41, 5.74) is 0.898. The summed E-state index contributed by atoms with van der Waals surface area (Å²) >= 11 is 2.05. The number of aliphatic hydroxyl groups is 1. The van der Waals surface area contributed by atoms with E-state index >= 15 is 0 Å². The summed E-state index contributed by atoms with van der Waals surface area (Å²) in [7, 11) is 0. The van der Waals surface area contributed by atoms with Crippen LogP contribution in [0, 0.1) is 5.41 Å². The molecule has 1 aliphatic heterocycles.